The molecule has 190 valence electrons. The van der Waals surface area contributed by atoms with E-state index in [2.05, 4.69) is 79.6 Å². The van der Waals surface area contributed by atoms with E-state index in [9.17, 15) is 0 Å². The fraction of sp³-hybridized carbons (Fsp3) is 0.483. The van der Waals surface area contributed by atoms with Crippen LogP contribution in [0, 0.1) is 13.8 Å². The van der Waals surface area contributed by atoms with Crippen LogP contribution in [0.15, 0.2) is 57.5 Å². The van der Waals surface area contributed by atoms with Gasteiger partial charge in [-0.2, -0.15) is 0 Å². The monoisotopic (exact) mass is 504 g/mol. The summed E-state index contributed by atoms with van der Waals surface area (Å²) in [5.74, 6) is 0.450. The predicted octanol–water partition coefficient (Wildman–Crippen LogP) is 6.47. The molecule has 3 aliphatic rings. The number of ether oxygens (including phenoxy) is 1. The fourth-order valence-corrected chi connectivity index (χ4v) is 6.57. The van der Waals surface area contributed by atoms with Gasteiger partial charge in [0.15, 0.2) is 6.10 Å². The number of benzene rings is 1. The third-order valence-electron chi connectivity index (χ3n) is 7.45. The van der Waals surface area contributed by atoms with Crippen LogP contribution in [-0.4, -0.2) is 47.4 Å². The molecule has 2 unspecified atom stereocenters. The number of piperidine rings is 1. The highest BCUT2D eigenvalue weighted by molar-refractivity contribution is 7.10. The van der Waals surface area contributed by atoms with Crippen molar-refractivity contribution in [3.8, 4) is 0 Å². The lowest BCUT2D eigenvalue weighted by atomic mass is 9.91. The van der Waals surface area contributed by atoms with Crippen LogP contribution in [0.25, 0.3) is 0 Å². The Bertz CT molecular complexity index is 1220. The van der Waals surface area contributed by atoms with Gasteiger partial charge in [-0.05, 0) is 58.1 Å². The van der Waals surface area contributed by atoms with Crippen molar-refractivity contribution in [2.24, 2.45) is 10.1 Å². The number of hydrogen-bond donors (Lipinski definition) is 0. The van der Waals surface area contributed by atoms with Gasteiger partial charge in [-0.3, -0.25) is 0 Å². The average molecular weight is 505 g/mol. The standard InChI is InChI=1S/C29H36N4O2S/c1-19-8-7-13-29(4,17-19)31-28(34-5)33-14-11-22(12-15-33)27-30-24(18-36-27)23-16-25(35-32-23)26-20(2)9-6-10-21(26)3/h6-10,17-18,22,25H,11-16H2,1-5H3/b31-28-. The Balaban J connectivity index is 1.21. The van der Waals surface area contributed by atoms with Crippen LogP contribution in [0.3, 0.4) is 0 Å². The molecule has 7 heteroatoms. The highest BCUT2D eigenvalue weighted by Crippen LogP contribution is 2.36. The highest BCUT2D eigenvalue weighted by Gasteiger charge is 2.31. The molecule has 2 aromatic rings. The first-order chi connectivity index (χ1) is 17.3. The van der Waals surface area contributed by atoms with Crippen LogP contribution in [0.5, 0.6) is 0 Å². The maximum absolute atomic E-state index is 5.86. The molecule has 6 nitrogen and oxygen atoms in total. The van der Waals surface area contributed by atoms with Gasteiger partial charge in [0.1, 0.15) is 5.71 Å². The van der Waals surface area contributed by atoms with E-state index in [1.165, 1.54) is 27.3 Å². The molecule has 0 spiro atoms. The van der Waals surface area contributed by atoms with E-state index < -0.39 is 0 Å². The van der Waals surface area contributed by atoms with Crippen LogP contribution in [0.1, 0.15) is 78.9 Å². The third-order valence-corrected chi connectivity index (χ3v) is 8.46. The number of likely N-dealkylation sites (tertiary alicyclic amines) is 1. The Morgan fingerprint density at radius 1 is 1.19 bits per heavy atom. The second-order valence-corrected chi connectivity index (χ2v) is 11.3. The normalized spacial score (nSPS) is 25.0. The van der Waals surface area contributed by atoms with E-state index in [1.807, 2.05) is 0 Å². The van der Waals surface area contributed by atoms with Gasteiger partial charge >= 0.3 is 0 Å². The van der Waals surface area contributed by atoms with Crippen molar-refractivity contribution in [1.29, 1.82) is 0 Å². The zero-order valence-electron chi connectivity index (χ0n) is 22.0. The number of aromatic nitrogens is 1. The molecule has 3 heterocycles. The molecule has 36 heavy (non-hydrogen) atoms. The van der Waals surface area contributed by atoms with E-state index in [1.54, 1.807) is 18.4 Å². The predicted molar refractivity (Wildman–Crippen MR) is 147 cm³/mol. The Kier molecular flexibility index (Phi) is 7.02. The summed E-state index contributed by atoms with van der Waals surface area (Å²) in [6.45, 7) is 10.4. The summed E-state index contributed by atoms with van der Waals surface area (Å²) in [6, 6.07) is 7.11. The zero-order valence-corrected chi connectivity index (χ0v) is 22.8. The number of methoxy groups -OCH3 is 1. The second kappa shape index (κ2) is 10.2. The fourth-order valence-electron chi connectivity index (χ4n) is 5.57. The van der Waals surface area contributed by atoms with E-state index in [0.717, 1.165) is 56.2 Å². The zero-order chi connectivity index (χ0) is 25.3. The number of aliphatic imine (C=N–C) groups is 1. The van der Waals surface area contributed by atoms with E-state index in [-0.39, 0.29) is 11.6 Å². The maximum atomic E-state index is 5.86. The van der Waals surface area contributed by atoms with Crippen LogP contribution < -0.4 is 0 Å². The lowest BCUT2D eigenvalue weighted by molar-refractivity contribution is 0.0848. The van der Waals surface area contributed by atoms with Crippen LogP contribution in [0.4, 0.5) is 0 Å². The molecule has 0 saturated carbocycles. The number of hydrogen-bond acceptors (Lipinski definition) is 6. The summed E-state index contributed by atoms with van der Waals surface area (Å²) in [4.78, 5) is 18.2. The highest BCUT2D eigenvalue weighted by atomic mass is 32.1. The molecular formula is C29H36N4O2S. The van der Waals surface area contributed by atoms with Crippen LogP contribution in [0.2, 0.25) is 0 Å². The Labute approximate surface area is 218 Å². The maximum Gasteiger partial charge on any atom is 0.287 e. The van der Waals surface area contributed by atoms with Crippen LogP contribution in [-0.2, 0) is 9.57 Å². The summed E-state index contributed by atoms with van der Waals surface area (Å²) in [5, 5.41) is 7.77. The third kappa shape index (κ3) is 5.12. The molecule has 0 amide bonds. The Morgan fingerprint density at radius 2 is 1.94 bits per heavy atom. The Hall–Kier alpha value is -2.93. The van der Waals surface area contributed by atoms with Crippen molar-refractivity contribution in [2.75, 3.05) is 20.2 Å². The number of nitrogens with zero attached hydrogens (tertiary/aromatic N) is 4. The second-order valence-electron chi connectivity index (χ2n) is 10.4. The van der Waals surface area contributed by atoms with Crippen molar-refractivity contribution in [1.82, 2.24) is 9.88 Å². The molecule has 0 bridgehead atoms. The largest absolute Gasteiger partial charge is 0.468 e. The minimum atomic E-state index is -0.246. The van der Waals surface area contributed by atoms with Gasteiger partial charge in [-0.25, -0.2) is 9.98 Å². The number of thiazole rings is 1. The average Bonchev–Trinajstić information content (AvgIpc) is 3.53. The number of oxime groups is 1. The van der Waals surface area contributed by atoms with Crippen molar-refractivity contribution in [2.45, 2.75) is 70.9 Å². The van der Waals surface area contributed by atoms with Gasteiger partial charge < -0.3 is 14.5 Å². The molecule has 1 aromatic heterocycles. The SMILES string of the molecule is CO/C(=N\C1(C)C=C(C)C=CC1)N1CCC(c2nc(C3=NOC(c4c(C)cccc4C)C3)cs2)CC1. The Morgan fingerprint density at radius 3 is 2.64 bits per heavy atom. The number of aryl methyl sites for hydroxylation is 2. The van der Waals surface area contributed by atoms with Crippen molar-refractivity contribution in [3.05, 3.63) is 74.8 Å². The molecule has 0 N–H and O–H groups in total. The topological polar surface area (TPSA) is 59.3 Å². The van der Waals surface area contributed by atoms with Gasteiger partial charge in [0.25, 0.3) is 6.02 Å². The minimum Gasteiger partial charge on any atom is -0.468 e. The summed E-state index contributed by atoms with van der Waals surface area (Å²) >= 11 is 1.75. The first-order valence-corrected chi connectivity index (χ1v) is 13.7. The molecule has 1 aromatic carbocycles. The number of amidine groups is 1. The summed E-state index contributed by atoms with van der Waals surface area (Å²) < 4.78 is 5.75. The molecule has 2 aliphatic heterocycles. The first-order valence-electron chi connectivity index (χ1n) is 12.8. The van der Waals surface area contributed by atoms with Gasteiger partial charge in [0.05, 0.1) is 23.4 Å². The molecule has 1 aliphatic carbocycles. The minimum absolute atomic E-state index is 0.0264. The van der Waals surface area contributed by atoms with Crippen molar-refractivity contribution < 1.29 is 9.57 Å². The van der Waals surface area contributed by atoms with Gasteiger partial charge in [0, 0.05) is 36.4 Å². The molecular weight excluding hydrogens is 468 g/mol. The lowest BCUT2D eigenvalue weighted by Crippen LogP contribution is -2.40. The summed E-state index contributed by atoms with van der Waals surface area (Å²) in [7, 11) is 1.73. The number of rotatable bonds is 4. The van der Waals surface area contributed by atoms with E-state index in [0.29, 0.717) is 5.92 Å². The van der Waals surface area contributed by atoms with Crippen molar-refractivity contribution >= 4 is 23.1 Å². The summed E-state index contributed by atoms with van der Waals surface area (Å²) in [6.07, 6.45) is 10.3. The molecule has 5 rings (SSSR count). The van der Waals surface area contributed by atoms with Gasteiger partial charge in [0.2, 0.25) is 0 Å². The number of allylic oxidation sites excluding steroid dienone is 2. The van der Waals surface area contributed by atoms with Gasteiger partial charge in [-0.1, -0.05) is 47.2 Å². The van der Waals surface area contributed by atoms with Crippen molar-refractivity contribution in [3.63, 3.8) is 0 Å². The van der Waals surface area contributed by atoms with Crippen LogP contribution >= 0.6 is 11.3 Å². The molecule has 2 atom stereocenters. The molecule has 1 fully saturated rings. The van der Waals surface area contributed by atoms with E-state index in [4.69, 9.17) is 19.6 Å². The van der Waals surface area contributed by atoms with E-state index >= 15 is 0 Å². The first kappa shape index (κ1) is 24.8. The quantitative estimate of drug-likeness (QED) is 0.354. The molecule has 1 saturated heterocycles. The smallest absolute Gasteiger partial charge is 0.287 e. The van der Waals surface area contributed by atoms with Gasteiger partial charge in [-0.15, -0.1) is 11.3 Å². The lowest BCUT2D eigenvalue weighted by Gasteiger charge is -2.34. The summed E-state index contributed by atoms with van der Waals surface area (Å²) in [5.41, 5.74) is 6.67. The molecule has 0 radical (unpaired) electrons.